The van der Waals surface area contributed by atoms with Crippen LogP contribution in [0.15, 0.2) is 4.79 Å². The topological polar surface area (TPSA) is 37.8 Å². The second-order valence-electron chi connectivity index (χ2n) is 2.43. The summed E-state index contributed by atoms with van der Waals surface area (Å²) in [5.41, 5.74) is 1.95. The highest BCUT2D eigenvalue weighted by molar-refractivity contribution is 5.14. The number of aryl methyl sites for hydroxylation is 1. The fourth-order valence-corrected chi connectivity index (χ4v) is 1.19. The van der Waals surface area contributed by atoms with Crippen LogP contribution in [0.4, 0.5) is 0 Å². The molecule has 1 aromatic heterocycles. The average molecular weight is 140 g/mol. The molecule has 0 radical (unpaired) electrons. The number of aromatic nitrogens is 2. The van der Waals surface area contributed by atoms with Crippen LogP contribution in [-0.2, 0) is 13.5 Å². The minimum Gasteiger partial charge on any atom is -0.292 e. The molecule has 0 spiro atoms. The number of rotatable bonds is 1. The lowest BCUT2D eigenvalue weighted by Crippen LogP contribution is -2.03. The lowest BCUT2D eigenvalue weighted by molar-refractivity contribution is 0.710. The lowest BCUT2D eigenvalue weighted by atomic mass is 10.2. The largest absolute Gasteiger partial charge is 0.292 e. The van der Waals surface area contributed by atoms with Crippen LogP contribution < -0.4 is 5.56 Å². The highest BCUT2D eigenvalue weighted by Crippen LogP contribution is 1.99. The van der Waals surface area contributed by atoms with Crippen molar-refractivity contribution in [1.82, 2.24) is 9.78 Å². The van der Waals surface area contributed by atoms with E-state index in [0.717, 1.165) is 17.7 Å². The van der Waals surface area contributed by atoms with Crippen LogP contribution in [0.1, 0.15) is 18.2 Å². The second kappa shape index (κ2) is 2.33. The fraction of sp³-hybridized carbons (Fsp3) is 0.571. The van der Waals surface area contributed by atoms with Crippen LogP contribution in [0.25, 0.3) is 0 Å². The summed E-state index contributed by atoms with van der Waals surface area (Å²) < 4.78 is 1.78. The predicted molar refractivity (Wildman–Crippen MR) is 40.1 cm³/mol. The summed E-state index contributed by atoms with van der Waals surface area (Å²) >= 11 is 0. The van der Waals surface area contributed by atoms with Gasteiger partial charge in [0, 0.05) is 18.3 Å². The molecule has 0 saturated carbocycles. The first-order chi connectivity index (χ1) is 4.66. The predicted octanol–water partition coefficient (Wildman–Crippen LogP) is 0.584. The van der Waals surface area contributed by atoms with E-state index in [0.29, 0.717) is 0 Å². The quantitative estimate of drug-likeness (QED) is 0.609. The van der Waals surface area contributed by atoms with Gasteiger partial charge in [0.1, 0.15) is 0 Å². The molecule has 0 fully saturated rings. The Kier molecular flexibility index (Phi) is 1.66. The summed E-state index contributed by atoms with van der Waals surface area (Å²) in [4.78, 5) is 10.9. The average Bonchev–Trinajstić information content (AvgIpc) is 2.09. The Morgan fingerprint density at radius 2 is 2.20 bits per heavy atom. The highest BCUT2D eigenvalue weighted by atomic mass is 16.1. The van der Waals surface area contributed by atoms with Gasteiger partial charge in [0.25, 0.3) is 5.56 Å². The number of hydrogen-bond donors (Lipinski definition) is 1. The molecule has 1 aromatic rings. The van der Waals surface area contributed by atoms with E-state index in [4.69, 9.17) is 0 Å². The van der Waals surface area contributed by atoms with E-state index in [1.807, 2.05) is 20.9 Å². The molecule has 0 amide bonds. The third-order valence-corrected chi connectivity index (χ3v) is 1.78. The Labute approximate surface area is 59.7 Å². The normalized spacial score (nSPS) is 10.3. The van der Waals surface area contributed by atoms with Gasteiger partial charge >= 0.3 is 0 Å². The van der Waals surface area contributed by atoms with Crippen molar-refractivity contribution in [2.75, 3.05) is 0 Å². The molecule has 0 saturated heterocycles. The van der Waals surface area contributed by atoms with Gasteiger partial charge in [-0.05, 0) is 13.3 Å². The van der Waals surface area contributed by atoms with E-state index in [1.54, 1.807) is 4.68 Å². The lowest BCUT2D eigenvalue weighted by Gasteiger charge is -1.96. The molecule has 10 heavy (non-hydrogen) atoms. The smallest absolute Gasteiger partial charge is 0.267 e. The fourth-order valence-electron chi connectivity index (χ4n) is 1.19. The summed E-state index contributed by atoms with van der Waals surface area (Å²) in [5, 5.41) is 2.69. The molecule has 0 aromatic carbocycles. The highest BCUT2D eigenvalue weighted by Gasteiger charge is 2.03. The molecule has 1 heterocycles. The van der Waals surface area contributed by atoms with Crippen molar-refractivity contribution >= 4 is 0 Å². The Hall–Kier alpha value is -0.990. The van der Waals surface area contributed by atoms with Crippen molar-refractivity contribution < 1.29 is 0 Å². The van der Waals surface area contributed by atoms with Crippen LogP contribution in [0.2, 0.25) is 0 Å². The summed E-state index contributed by atoms with van der Waals surface area (Å²) in [6.07, 6.45) is 0.904. The summed E-state index contributed by atoms with van der Waals surface area (Å²) in [6, 6.07) is 0. The summed E-state index contributed by atoms with van der Waals surface area (Å²) in [6.45, 7) is 3.88. The molecule has 0 aliphatic rings. The van der Waals surface area contributed by atoms with Gasteiger partial charge in [-0.3, -0.25) is 14.6 Å². The minimum absolute atomic E-state index is 0.0272. The van der Waals surface area contributed by atoms with Crippen molar-refractivity contribution in [2.24, 2.45) is 7.05 Å². The van der Waals surface area contributed by atoms with E-state index >= 15 is 0 Å². The third-order valence-electron chi connectivity index (χ3n) is 1.78. The molecular weight excluding hydrogens is 128 g/mol. The second-order valence-corrected chi connectivity index (χ2v) is 2.43. The number of nitrogens with zero attached hydrogens (tertiary/aromatic N) is 1. The van der Waals surface area contributed by atoms with Gasteiger partial charge in [-0.2, -0.15) is 0 Å². The molecule has 0 atom stereocenters. The van der Waals surface area contributed by atoms with E-state index in [2.05, 4.69) is 5.10 Å². The molecule has 56 valence electrons. The number of H-pyrrole nitrogens is 1. The molecule has 0 aliphatic carbocycles. The number of nitrogens with one attached hydrogen (secondary N) is 1. The zero-order valence-electron chi connectivity index (χ0n) is 6.56. The maximum absolute atomic E-state index is 10.9. The first-order valence-corrected chi connectivity index (χ1v) is 3.41. The van der Waals surface area contributed by atoms with E-state index in [1.165, 1.54) is 0 Å². The maximum Gasteiger partial charge on any atom is 0.267 e. The molecule has 0 unspecified atom stereocenters. The third kappa shape index (κ3) is 0.875. The van der Waals surface area contributed by atoms with E-state index < -0.39 is 0 Å². The van der Waals surface area contributed by atoms with Gasteiger partial charge in [0.15, 0.2) is 0 Å². The Bertz CT molecular complexity index is 282. The standard InChI is InChI=1S/C7H12N2O/c1-4-6-5(2)7(10)8-9(6)3/h4H2,1-3H3,(H,8,10). The number of aromatic amines is 1. The Balaban J connectivity index is 3.34. The van der Waals surface area contributed by atoms with Crippen LogP contribution in [0.3, 0.4) is 0 Å². The van der Waals surface area contributed by atoms with Gasteiger partial charge in [-0.25, -0.2) is 0 Å². The Morgan fingerprint density at radius 1 is 1.60 bits per heavy atom. The zero-order chi connectivity index (χ0) is 7.72. The van der Waals surface area contributed by atoms with Gasteiger partial charge in [0.2, 0.25) is 0 Å². The van der Waals surface area contributed by atoms with Gasteiger partial charge in [-0.15, -0.1) is 0 Å². The van der Waals surface area contributed by atoms with Crippen LogP contribution in [0, 0.1) is 6.92 Å². The van der Waals surface area contributed by atoms with Crippen LogP contribution in [0.5, 0.6) is 0 Å². The zero-order valence-corrected chi connectivity index (χ0v) is 6.56. The molecule has 3 heteroatoms. The molecule has 0 bridgehead atoms. The van der Waals surface area contributed by atoms with Gasteiger partial charge < -0.3 is 0 Å². The Morgan fingerprint density at radius 3 is 2.40 bits per heavy atom. The van der Waals surface area contributed by atoms with Crippen molar-refractivity contribution in [2.45, 2.75) is 20.3 Å². The van der Waals surface area contributed by atoms with Crippen molar-refractivity contribution in [1.29, 1.82) is 0 Å². The SMILES string of the molecule is CCc1c(C)c(=O)[nH]n1C. The van der Waals surface area contributed by atoms with Gasteiger partial charge in [0.05, 0.1) is 0 Å². The van der Waals surface area contributed by atoms with E-state index in [9.17, 15) is 4.79 Å². The van der Waals surface area contributed by atoms with E-state index in [-0.39, 0.29) is 5.56 Å². The minimum atomic E-state index is 0.0272. The first-order valence-electron chi connectivity index (χ1n) is 3.41. The monoisotopic (exact) mass is 140 g/mol. The summed E-state index contributed by atoms with van der Waals surface area (Å²) in [7, 11) is 1.85. The molecule has 3 nitrogen and oxygen atoms in total. The van der Waals surface area contributed by atoms with Crippen LogP contribution >= 0.6 is 0 Å². The molecule has 1 N–H and O–H groups in total. The van der Waals surface area contributed by atoms with Gasteiger partial charge in [-0.1, -0.05) is 6.92 Å². The molecule has 0 aliphatic heterocycles. The first kappa shape index (κ1) is 7.12. The van der Waals surface area contributed by atoms with Crippen LogP contribution in [-0.4, -0.2) is 9.78 Å². The molecular formula is C7H12N2O. The number of hydrogen-bond acceptors (Lipinski definition) is 1. The van der Waals surface area contributed by atoms with Crippen molar-refractivity contribution in [3.05, 3.63) is 21.6 Å². The maximum atomic E-state index is 10.9. The van der Waals surface area contributed by atoms with Crippen molar-refractivity contribution in [3.63, 3.8) is 0 Å². The summed E-state index contributed by atoms with van der Waals surface area (Å²) in [5.74, 6) is 0. The molecule has 1 rings (SSSR count). The van der Waals surface area contributed by atoms with Crippen molar-refractivity contribution in [3.8, 4) is 0 Å².